The van der Waals surface area contributed by atoms with Gasteiger partial charge in [-0.25, -0.2) is 0 Å². The molecule has 0 aliphatic heterocycles. The van der Waals surface area contributed by atoms with Gasteiger partial charge in [-0.3, -0.25) is 14.0 Å². The number of aryl methyl sites for hydroxylation is 1. The van der Waals surface area contributed by atoms with Gasteiger partial charge in [0.2, 0.25) is 0 Å². The summed E-state index contributed by atoms with van der Waals surface area (Å²) in [6, 6.07) is 15.0. The molecule has 0 aliphatic carbocycles. The number of thioether (sulfide) groups is 1. The van der Waals surface area contributed by atoms with Crippen molar-refractivity contribution in [1.29, 1.82) is 5.26 Å². The second-order valence-corrected chi connectivity index (χ2v) is 6.56. The lowest BCUT2D eigenvalue weighted by Gasteiger charge is -2.13. The quantitative estimate of drug-likeness (QED) is 0.533. The molecule has 5 heteroatoms. The number of benzene rings is 1. The number of aromatic nitrogens is 1. The summed E-state index contributed by atoms with van der Waals surface area (Å²) in [5.74, 6) is -0.103. The summed E-state index contributed by atoms with van der Waals surface area (Å²) >= 11 is 1.26. The Kier molecular flexibility index (Phi) is 4.73. The first-order valence-electron chi connectivity index (χ1n) is 7.77. The number of Topliss-reactive ketones (excluding diaryl/α,β-unsaturated/α-hetero) is 1. The summed E-state index contributed by atoms with van der Waals surface area (Å²) in [4.78, 5) is 26.0. The van der Waals surface area contributed by atoms with E-state index < -0.39 is 5.56 Å². The maximum absolute atomic E-state index is 13.0. The van der Waals surface area contributed by atoms with Crippen LogP contribution in [0.5, 0.6) is 0 Å². The van der Waals surface area contributed by atoms with Crippen LogP contribution in [0.1, 0.15) is 27.0 Å². The first kappa shape index (κ1) is 17.0. The fourth-order valence-electron chi connectivity index (χ4n) is 2.83. The van der Waals surface area contributed by atoms with Crippen LogP contribution >= 0.6 is 11.8 Å². The Bertz CT molecular complexity index is 1060. The minimum Gasteiger partial charge on any atom is -0.294 e. The molecular formula is C20H16N2O2S. The van der Waals surface area contributed by atoms with Gasteiger partial charge in [-0.2, -0.15) is 5.26 Å². The second-order valence-electron chi connectivity index (χ2n) is 5.74. The molecule has 4 nitrogen and oxygen atoms in total. The summed E-state index contributed by atoms with van der Waals surface area (Å²) in [5, 5.41) is 9.43. The summed E-state index contributed by atoms with van der Waals surface area (Å²) in [5.41, 5.74) is 2.63. The van der Waals surface area contributed by atoms with Gasteiger partial charge in [0.1, 0.15) is 11.6 Å². The highest BCUT2D eigenvalue weighted by Gasteiger charge is 2.22. The van der Waals surface area contributed by atoms with E-state index in [-0.39, 0.29) is 17.8 Å². The van der Waals surface area contributed by atoms with Crippen LogP contribution in [-0.4, -0.2) is 16.4 Å². The molecule has 124 valence electrons. The van der Waals surface area contributed by atoms with E-state index in [0.717, 1.165) is 11.1 Å². The van der Waals surface area contributed by atoms with Crippen LogP contribution in [0.3, 0.4) is 0 Å². The fourth-order valence-corrected chi connectivity index (χ4v) is 3.59. The Morgan fingerprint density at radius 3 is 2.56 bits per heavy atom. The number of nitriles is 1. The predicted octanol–water partition coefficient (Wildman–Crippen LogP) is 3.63. The van der Waals surface area contributed by atoms with Crippen molar-refractivity contribution >= 4 is 23.1 Å². The largest absolute Gasteiger partial charge is 0.294 e. The maximum atomic E-state index is 13.0. The zero-order chi connectivity index (χ0) is 18.0. The third-order valence-corrected chi connectivity index (χ3v) is 4.90. The molecule has 0 aliphatic rings. The van der Waals surface area contributed by atoms with Crippen molar-refractivity contribution in [2.45, 2.75) is 18.2 Å². The lowest BCUT2D eigenvalue weighted by molar-refractivity contribution is 0.0991. The van der Waals surface area contributed by atoms with Gasteiger partial charge in [-0.15, -0.1) is 11.8 Å². The summed E-state index contributed by atoms with van der Waals surface area (Å²) < 4.78 is 1.38. The molecule has 0 amide bonds. The molecule has 0 radical (unpaired) electrons. The zero-order valence-corrected chi connectivity index (χ0v) is 14.8. The molecule has 3 rings (SSSR count). The van der Waals surface area contributed by atoms with Gasteiger partial charge < -0.3 is 0 Å². The predicted molar refractivity (Wildman–Crippen MR) is 99.4 cm³/mol. The van der Waals surface area contributed by atoms with Crippen molar-refractivity contribution in [3.8, 4) is 6.07 Å². The topological polar surface area (TPSA) is 62.3 Å². The van der Waals surface area contributed by atoms with E-state index in [0.29, 0.717) is 16.0 Å². The molecule has 0 saturated carbocycles. The number of rotatable bonds is 4. The molecule has 0 spiro atoms. The summed E-state index contributed by atoms with van der Waals surface area (Å²) in [6.45, 7) is 1.99. The van der Waals surface area contributed by atoms with Gasteiger partial charge >= 0.3 is 0 Å². The van der Waals surface area contributed by atoms with E-state index in [4.69, 9.17) is 0 Å². The van der Waals surface area contributed by atoms with Gasteiger partial charge in [-0.1, -0.05) is 35.9 Å². The Morgan fingerprint density at radius 2 is 1.92 bits per heavy atom. The van der Waals surface area contributed by atoms with Crippen molar-refractivity contribution in [3.05, 3.63) is 81.3 Å². The van der Waals surface area contributed by atoms with Crippen molar-refractivity contribution in [2.24, 2.45) is 0 Å². The third-order valence-electron chi connectivity index (χ3n) is 4.08. The van der Waals surface area contributed by atoms with Gasteiger partial charge in [0.05, 0.1) is 11.1 Å². The monoisotopic (exact) mass is 348 g/mol. The molecule has 0 N–H and O–H groups in total. The zero-order valence-electron chi connectivity index (χ0n) is 13.9. The smallest absolute Gasteiger partial charge is 0.274 e. The number of nitrogens with zero attached hydrogens (tertiary/aromatic N) is 2. The van der Waals surface area contributed by atoms with Crippen LogP contribution in [-0.2, 0) is 6.42 Å². The molecular weight excluding hydrogens is 332 g/mol. The summed E-state index contributed by atoms with van der Waals surface area (Å²) in [6.07, 6.45) is 3.59. The molecule has 0 bridgehead atoms. The van der Waals surface area contributed by atoms with Crippen LogP contribution in [0.4, 0.5) is 0 Å². The maximum Gasteiger partial charge on any atom is 0.274 e. The van der Waals surface area contributed by atoms with Crippen LogP contribution in [0, 0.1) is 18.3 Å². The first-order valence-corrected chi connectivity index (χ1v) is 8.99. The van der Waals surface area contributed by atoms with E-state index in [9.17, 15) is 14.9 Å². The molecule has 2 aromatic heterocycles. The Balaban J connectivity index is 2.22. The van der Waals surface area contributed by atoms with Gasteiger partial charge in [0.25, 0.3) is 5.56 Å². The number of ketones is 1. The fraction of sp³-hybridized carbons (Fsp3) is 0.150. The van der Waals surface area contributed by atoms with E-state index in [1.54, 1.807) is 30.7 Å². The number of fused-ring (bicyclic) bond motifs is 1. The Morgan fingerprint density at radius 1 is 1.20 bits per heavy atom. The van der Waals surface area contributed by atoms with E-state index in [1.165, 1.54) is 16.2 Å². The number of pyridine rings is 2. The van der Waals surface area contributed by atoms with Crippen molar-refractivity contribution in [1.82, 2.24) is 4.40 Å². The molecule has 0 fully saturated rings. The second kappa shape index (κ2) is 6.96. The van der Waals surface area contributed by atoms with Crippen molar-refractivity contribution < 1.29 is 4.79 Å². The Labute approximate surface area is 149 Å². The third kappa shape index (κ3) is 3.09. The lowest BCUT2D eigenvalue weighted by Crippen LogP contribution is -2.22. The van der Waals surface area contributed by atoms with E-state index in [2.05, 4.69) is 0 Å². The molecule has 1 aromatic carbocycles. The van der Waals surface area contributed by atoms with Gasteiger partial charge in [0, 0.05) is 17.5 Å². The number of hydrogen-bond donors (Lipinski definition) is 0. The van der Waals surface area contributed by atoms with Gasteiger partial charge in [-0.05, 0) is 30.9 Å². The van der Waals surface area contributed by atoms with Crippen LogP contribution in [0.25, 0.3) is 5.52 Å². The molecule has 0 atom stereocenters. The average Bonchev–Trinajstić information content (AvgIpc) is 2.63. The Hall–Kier alpha value is -2.84. The van der Waals surface area contributed by atoms with E-state index >= 15 is 0 Å². The lowest BCUT2D eigenvalue weighted by atomic mass is 10.00. The van der Waals surface area contributed by atoms with E-state index in [1.807, 2.05) is 37.3 Å². The number of carbonyl (C=O) groups is 1. The van der Waals surface area contributed by atoms with Crippen molar-refractivity contribution in [3.63, 3.8) is 0 Å². The highest BCUT2D eigenvalue weighted by atomic mass is 32.2. The molecule has 3 aromatic rings. The minimum atomic E-state index is -0.394. The average molecular weight is 348 g/mol. The van der Waals surface area contributed by atoms with Crippen LogP contribution < -0.4 is 5.56 Å². The molecule has 25 heavy (non-hydrogen) atoms. The van der Waals surface area contributed by atoms with Gasteiger partial charge in [0.15, 0.2) is 5.78 Å². The summed E-state index contributed by atoms with van der Waals surface area (Å²) in [7, 11) is 0. The first-order chi connectivity index (χ1) is 12.1. The standard InChI is InChI=1S/C20H16N2O2S/c1-13-6-8-14(9-7-13)11-17(23)18-16-5-3-4-10-22(16)20(24)15(12-21)19(18)25-2/h3-10H,11H2,1-2H3. The molecule has 0 unspecified atom stereocenters. The number of hydrogen-bond acceptors (Lipinski definition) is 4. The molecule has 2 heterocycles. The van der Waals surface area contributed by atoms with Crippen LogP contribution in [0.2, 0.25) is 0 Å². The van der Waals surface area contributed by atoms with Crippen molar-refractivity contribution in [2.75, 3.05) is 6.26 Å². The SMILES string of the molecule is CSc1c(C#N)c(=O)n2ccccc2c1C(=O)Cc1ccc(C)cc1. The normalized spacial score (nSPS) is 10.6. The molecule has 0 saturated heterocycles. The minimum absolute atomic E-state index is 0.0171. The number of carbonyl (C=O) groups excluding carboxylic acids is 1. The highest BCUT2D eigenvalue weighted by molar-refractivity contribution is 7.98. The highest BCUT2D eigenvalue weighted by Crippen LogP contribution is 2.27. The van der Waals surface area contributed by atoms with Crippen LogP contribution in [0.15, 0.2) is 58.4 Å².